The lowest BCUT2D eigenvalue weighted by Crippen LogP contribution is -2.13. The third-order valence-corrected chi connectivity index (χ3v) is 2.90. The monoisotopic (exact) mass is 297 g/mol. The predicted octanol–water partition coefficient (Wildman–Crippen LogP) is 4.01. The molecule has 0 radical (unpaired) electrons. The molecule has 0 heterocycles. The van der Waals surface area contributed by atoms with E-state index >= 15 is 0 Å². The number of para-hydroxylation sites is 1. The highest BCUT2D eigenvalue weighted by atomic mass is 16.5. The molecule has 2 aromatic carbocycles. The van der Waals surface area contributed by atoms with Gasteiger partial charge in [0.15, 0.2) is 0 Å². The van der Waals surface area contributed by atoms with E-state index in [2.05, 4.69) is 5.32 Å². The molecule has 0 saturated carbocycles. The Hall–Kier alpha value is -2.75. The fourth-order valence-corrected chi connectivity index (χ4v) is 1.74. The Morgan fingerprint density at radius 2 is 1.68 bits per heavy atom. The molecule has 114 valence electrons. The fourth-order valence-electron chi connectivity index (χ4n) is 1.74. The van der Waals surface area contributed by atoms with E-state index in [4.69, 9.17) is 9.47 Å². The number of rotatable bonds is 6. The van der Waals surface area contributed by atoms with Crippen LogP contribution in [0.3, 0.4) is 0 Å². The van der Waals surface area contributed by atoms with Gasteiger partial charge in [-0.2, -0.15) is 0 Å². The molecule has 22 heavy (non-hydrogen) atoms. The first-order chi connectivity index (χ1) is 10.7. The third kappa shape index (κ3) is 4.66. The summed E-state index contributed by atoms with van der Waals surface area (Å²) in [5, 5.41) is 2.80. The van der Waals surface area contributed by atoms with Crippen LogP contribution in [0.4, 0.5) is 5.69 Å². The standard InChI is InChI=1S/C18H19NO3/c1-3-21-16-9-11-17(12-10-16)22-13-14(2)18(20)19-15-7-5-4-6-8-15/h4-13H,3H2,1-2H3,(H,19,20)/b14-13+. The Morgan fingerprint density at radius 3 is 2.32 bits per heavy atom. The molecule has 0 aromatic heterocycles. The molecule has 2 rings (SSSR count). The zero-order valence-electron chi connectivity index (χ0n) is 12.7. The van der Waals surface area contributed by atoms with Gasteiger partial charge >= 0.3 is 0 Å². The topological polar surface area (TPSA) is 47.6 Å². The maximum Gasteiger partial charge on any atom is 0.254 e. The largest absolute Gasteiger partial charge is 0.494 e. The van der Waals surface area contributed by atoms with E-state index in [9.17, 15) is 4.79 Å². The second kappa shape index (κ2) is 7.88. The molecule has 0 aliphatic heterocycles. The summed E-state index contributed by atoms with van der Waals surface area (Å²) in [7, 11) is 0. The predicted molar refractivity (Wildman–Crippen MR) is 87.1 cm³/mol. The van der Waals surface area contributed by atoms with Crippen molar-refractivity contribution in [1.29, 1.82) is 0 Å². The Labute approximate surface area is 130 Å². The number of hydrogen-bond donors (Lipinski definition) is 1. The Kier molecular flexibility index (Phi) is 5.60. The zero-order valence-corrected chi connectivity index (χ0v) is 12.7. The van der Waals surface area contributed by atoms with E-state index < -0.39 is 0 Å². The lowest BCUT2D eigenvalue weighted by molar-refractivity contribution is -0.112. The van der Waals surface area contributed by atoms with E-state index in [1.165, 1.54) is 6.26 Å². The van der Waals surface area contributed by atoms with Crippen LogP contribution in [0.5, 0.6) is 11.5 Å². The molecular formula is C18H19NO3. The number of benzene rings is 2. The van der Waals surface area contributed by atoms with Crippen LogP contribution in [0, 0.1) is 0 Å². The summed E-state index contributed by atoms with van der Waals surface area (Å²) in [6, 6.07) is 16.5. The first-order valence-electron chi connectivity index (χ1n) is 7.11. The van der Waals surface area contributed by atoms with Crippen molar-refractivity contribution >= 4 is 11.6 Å². The normalized spacial score (nSPS) is 10.9. The molecule has 4 nitrogen and oxygen atoms in total. The van der Waals surface area contributed by atoms with E-state index in [0.717, 1.165) is 11.4 Å². The first-order valence-corrected chi connectivity index (χ1v) is 7.11. The van der Waals surface area contributed by atoms with Gasteiger partial charge in [-0.25, -0.2) is 0 Å². The molecular weight excluding hydrogens is 278 g/mol. The van der Waals surface area contributed by atoms with E-state index in [-0.39, 0.29) is 5.91 Å². The SMILES string of the molecule is CCOc1ccc(O/C=C(\C)C(=O)Nc2ccccc2)cc1. The molecule has 1 N–H and O–H groups in total. The van der Waals surface area contributed by atoms with Crippen LogP contribution in [0.1, 0.15) is 13.8 Å². The summed E-state index contributed by atoms with van der Waals surface area (Å²) in [6.45, 7) is 4.26. The number of ether oxygens (including phenoxy) is 2. The number of amides is 1. The summed E-state index contributed by atoms with van der Waals surface area (Å²) in [5.74, 6) is 1.24. The minimum absolute atomic E-state index is 0.197. The number of anilines is 1. The van der Waals surface area contributed by atoms with Crippen LogP contribution in [-0.2, 0) is 4.79 Å². The first kappa shape index (κ1) is 15.6. The Bertz CT molecular complexity index is 633. The van der Waals surface area contributed by atoms with Crippen LogP contribution in [0.25, 0.3) is 0 Å². The van der Waals surface area contributed by atoms with Crippen LogP contribution < -0.4 is 14.8 Å². The number of carbonyl (C=O) groups is 1. The summed E-state index contributed by atoms with van der Waals surface area (Å²) in [6.07, 6.45) is 1.44. The van der Waals surface area contributed by atoms with Gasteiger partial charge in [-0.3, -0.25) is 4.79 Å². The van der Waals surface area contributed by atoms with E-state index in [1.807, 2.05) is 49.4 Å². The van der Waals surface area contributed by atoms with Crippen LogP contribution in [0.15, 0.2) is 66.4 Å². The highest BCUT2D eigenvalue weighted by molar-refractivity contribution is 6.03. The average molecular weight is 297 g/mol. The molecule has 0 aliphatic rings. The summed E-state index contributed by atoms with van der Waals surface area (Å²) >= 11 is 0. The van der Waals surface area contributed by atoms with Crippen molar-refractivity contribution < 1.29 is 14.3 Å². The fraction of sp³-hybridized carbons (Fsp3) is 0.167. The average Bonchev–Trinajstić information content (AvgIpc) is 2.55. The molecule has 0 atom stereocenters. The smallest absolute Gasteiger partial charge is 0.254 e. The minimum Gasteiger partial charge on any atom is -0.494 e. The second-order valence-corrected chi connectivity index (χ2v) is 4.64. The third-order valence-electron chi connectivity index (χ3n) is 2.90. The van der Waals surface area contributed by atoms with Gasteiger partial charge in [-0.05, 0) is 50.2 Å². The Balaban J connectivity index is 1.92. The van der Waals surface area contributed by atoms with Crippen molar-refractivity contribution in [3.05, 3.63) is 66.4 Å². The Morgan fingerprint density at radius 1 is 1.05 bits per heavy atom. The summed E-state index contributed by atoms with van der Waals surface area (Å²) in [5.41, 5.74) is 1.24. The van der Waals surface area contributed by atoms with Gasteiger partial charge in [-0.1, -0.05) is 18.2 Å². The molecule has 4 heteroatoms. The number of hydrogen-bond acceptors (Lipinski definition) is 3. The molecule has 0 fully saturated rings. The molecule has 0 spiro atoms. The van der Waals surface area contributed by atoms with Gasteiger partial charge in [0.25, 0.3) is 5.91 Å². The molecule has 0 saturated heterocycles. The molecule has 0 unspecified atom stereocenters. The van der Waals surface area contributed by atoms with Crippen LogP contribution in [-0.4, -0.2) is 12.5 Å². The van der Waals surface area contributed by atoms with Crippen molar-refractivity contribution in [3.63, 3.8) is 0 Å². The maximum atomic E-state index is 12.0. The number of nitrogens with one attached hydrogen (secondary N) is 1. The van der Waals surface area contributed by atoms with Crippen LogP contribution >= 0.6 is 0 Å². The van der Waals surface area contributed by atoms with Gasteiger partial charge in [-0.15, -0.1) is 0 Å². The summed E-state index contributed by atoms with van der Waals surface area (Å²) in [4.78, 5) is 12.0. The molecule has 1 amide bonds. The highest BCUT2D eigenvalue weighted by Crippen LogP contribution is 2.18. The lowest BCUT2D eigenvalue weighted by Gasteiger charge is -2.07. The molecule has 2 aromatic rings. The van der Waals surface area contributed by atoms with Crippen molar-refractivity contribution in [1.82, 2.24) is 0 Å². The van der Waals surface area contributed by atoms with Crippen molar-refractivity contribution in [3.8, 4) is 11.5 Å². The quantitative estimate of drug-likeness (QED) is 0.647. The number of carbonyl (C=O) groups excluding carboxylic acids is 1. The van der Waals surface area contributed by atoms with Gasteiger partial charge in [0.2, 0.25) is 0 Å². The van der Waals surface area contributed by atoms with Crippen LogP contribution in [0.2, 0.25) is 0 Å². The second-order valence-electron chi connectivity index (χ2n) is 4.64. The van der Waals surface area contributed by atoms with Gasteiger partial charge in [0.1, 0.15) is 11.5 Å². The lowest BCUT2D eigenvalue weighted by atomic mass is 10.2. The van der Waals surface area contributed by atoms with Gasteiger partial charge in [0, 0.05) is 11.3 Å². The maximum absolute atomic E-state index is 12.0. The van der Waals surface area contributed by atoms with Crippen molar-refractivity contribution in [2.45, 2.75) is 13.8 Å². The highest BCUT2D eigenvalue weighted by Gasteiger charge is 2.05. The van der Waals surface area contributed by atoms with E-state index in [0.29, 0.717) is 17.9 Å². The minimum atomic E-state index is -0.197. The van der Waals surface area contributed by atoms with Crippen molar-refractivity contribution in [2.75, 3.05) is 11.9 Å². The van der Waals surface area contributed by atoms with Gasteiger partial charge in [0.05, 0.1) is 12.9 Å². The molecule has 0 aliphatic carbocycles. The summed E-state index contributed by atoms with van der Waals surface area (Å²) < 4.78 is 10.8. The van der Waals surface area contributed by atoms with Gasteiger partial charge < -0.3 is 14.8 Å². The van der Waals surface area contributed by atoms with E-state index in [1.54, 1.807) is 19.1 Å². The molecule has 0 bridgehead atoms. The van der Waals surface area contributed by atoms with Crippen molar-refractivity contribution in [2.24, 2.45) is 0 Å². The zero-order chi connectivity index (χ0) is 15.8.